The summed E-state index contributed by atoms with van der Waals surface area (Å²) in [5.74, 6) is -0.619. The number of carbonyl (C=O) groups is 2. The van der Waals surface area contributed by atoms with Crippen molar-refractivity contribution in [3.8, 4) is 11.5 Å². The molecule has 2 aromatic rings. The monoisotopic (exact) mass is 696 g/mol. The number of hydrogen-bond acceptors (Lipinski definition) is 12. The highest BCUT2D eigenvalue weighted by atomic mass is 32.2. The van der Waals surface area contributed by atoms with E-state index in [2.05, 4.69) is 18.7 Å². The number of hydrogen-bond donors (Lipinski definition) is 6. The number of ether oxygens (including phenoxy) is 1. The average molecular weight is 697 g/mol. The zero-order chi connectivity index (χ0) is 35.4. The fourth-order valence-corrected chi connectivity index (χ4v) is 4.59. The van der Waals surface area contributed by atoms with Gasteiger partial charge in [-0.1, -0.05) is 78.1 Å². The second-order valence-corrected chi connectivity index (χ2v) is 12.7. The lowest BCUT2D eigenvalue weighted by atomic mass is 10.1. The van der Waals surface area contributed by atoms with E-state index >= 15 is 0 Å². The van der Waals surface area contributed by atoms with Crippen LogP contribution in [0.15, 0.2) is 58.3 Å². The van der Waals surface area contributed by atoms with E-state index < -0.39 is 26.2 Å². The number of esters is 1. The molecule has 14 nitrogen and oxygen atoms in total. The minimum absolute atomic E-state index is 0.0441. The zero-order valence-electron chi connectivity index (χ0n) is 26.3. The average Bonchev–Trinajstić information content (AvgIpc) is 3.01. The summed E-state index contributed by atoms with van der Waals surface area (Å²) in [6.45, 7) is 4.33. The van der Waals surface area contributed by atoms with Crippen LogP contribution in [0.3, 0.4) is 0 Å². The lowest BCUT2D eigenvalue weighted by molar-refractivity contribution is -0.234. The summed E-state index contributed by atoms with van der Waals surface area (Å²) in [7, 11) is -8.34. The molecule has 0 bridgehead atoms. The lowest BCUT2D eigenvalue weighted by Crippen LogP contribution is -2.07. The van der Waals surface area contributed by atoms with Gasteiger partial charge in [-0.3, -0.25) is 24.4 Å². The molecule has 2 rings (SSSR count). The van der Waals surface area contributed by atoms with Crippen molar-refractivity contribution in [3.05, 3.63) is 48.5 Å². The zero-order valence-corrected chi connectivity index (χ0v) is 27.9. The van der Waals surface area contributed by atoms with Gasteiger partial charge in [0, 0.05) is 12.8 Å². The number of aromatic hydroxyl groups is 1. The first-order valence-electron chi connectivity index (χ1n) is 14.8. The van der Waals surface area contributed by atoms with Gasteiger partial charge in [0.2, 0.25) is 0 Å². The first kappa shape index (κ1) is 45.0. The van der Waals surface area contributed by atoms with Crippen molar-refractivity contribution < 1.29 is 66.0 Å². The maximum Gasteiger partial charge on any atom is 0.342 e. The SMILES string of the molecule is CCCCCCCCC(=O)OO.CCCCCCCCC(=O)Oc1ccc(S(=O)(=O)O)cc1.O=S(=O)(O)c1ccc(O)cc1.OO. The van der Waals surface area contributed by atoms with Crippen LogP contribution in [0.1, 0.15) is 104 Å². The molecule has 0 spiro atoms. The van der Waals surface area contributed by atoms with Crippen LogP contribution >= 0.6 is 0 Å². The molecule has 0 unspecified atom stereocenters. The summed E-state index contributed by atoms with van der Waals surface area (Å²) < 4.78 is 65.0. The predicted octanol–water partition coefficient (Wildman–Crippen LogP) is 7.00. The highest BCUT2D eigenvalue weighted by Gasteiger charge is 2.10. The van der Waals surface area contributed by atoms with E-state index in [1.165, 1.54) is 81.3 Å². The molecular formula is C30H48O14S2. The summed E-state index contributed by atoms with van der Waals surface area (Å²) in [6, 6.07) is 9.69. The lowest BCUT2D eigenvalue weighted by Gasteiger charge is -2.05. The van der Waals surface area contributed by atoms with Crippen LogP contribution in [0.5, 0.6) is 11.5 Å². The van der Waals surface area contributed by atoms with Gasteiger partial charge in [-0.25, -0.2) is 4.79 Å². The van der Waals surface area contributed by atoms with Gasteiger partial charge in [0.05, 0.1) is 9.79 Å². The van der Waals surface area contributed by atoms with Gasteiger partial charge >= 0.3 is 11.9 Å². The van der Waals surface area contributed by atoms with Crippen molar-refractivity contribution in [1.29, 1.82) is 0 Å². The van der Waals surface area contributed by atoms with Crippen molar-refractivity contribution in [1.82, 2.24) is 0 Å². The highest BCUT2D eigenvalue weighted by molar-refractivity contribution is 7.86. The summed E-state index contributed by atoms with van der Waals surface area (Å²) in [6.07, 6.45) is 14.0. The predicted molar refractivity (Wildman–Crippen MR) is 170 cm³/mol. The Morgan fingerprint density at radius 2 is 0.935 bits per heavy atom. The molecule has 0 atom stereocenters. The maximum absolute atomic E-state index is 11.6. The number of phenolic OH excluding ortho intramolecular Hbond substituents is 1. The van der Waals surface area contributed by atoms with Crippen LogP contribution in [-0.4, -0.2) is 58.8 Å². The first-order valence-corrected chi connectivity index (χ1v) is 17.7. The molecule has 0 heterocycles. The summed E-state index contributed by atoms with van der Waals surface area (Å²) >= 11 is 0. The largest absolute Gasteiger partial charge is 0.508 e. The van der Waals surface area contributed by atoms with Gasteiger partial charge in [-0.15, -0.1) is 0 Å². The van der Waals surface area contributed by atoms with Crippen molar-refractivity contribution in [2.45, 2.75) is 114 Å². The Kier molecular flexibility index (Phi) is 26.4. The molecule has 2 aromatic carbocycles. The molecule has 46 heavy (non-hydrogen) atoms. The smallest absolute Gasteiger partial charge is 0.342 e. The number of benzene rings is 2. The van der Waals surface area contributed by atoms with Crippen LogP contribution in [0, 0.1) is 0 Å². The molecule has 0 saturated heterocycles. The Labute approximate surface area is 271 Å². The molecule has 0 aliphatic rings. The molecule has 0 aromatic heterocycles. The fourth-order valence-electron chi connectivity index (χ4n) is 3.63. The van der Waals surface area contributed by atoms with Gasteiger partial charge in [-0.2, -0.15) is 22.1 Å². The maximum atomic E-state index is 11.6. The van der Waals surface area contributed by atoms with Crippen LogP contribution in [0.25, 0.3) is 0 Å². The Morgan fingerprint density at radius 3 is 1.30 bits per heavy atom. The van der Waals surface area contributed by atoms with Crippen LogP contribution in [-0.2, 0) is 34.7 Å². The Bertz CT molecular complexity index is 1280. The van der Waals surface area contributed by atoms with E-state index in [4.69, 9.17) is 34.7 Å². The van der Waals surface area contributed by atoms with E-state index in [1.807, 2.05) is 0 Å². The third-order valence-corrected chi connectivity index (χ3v) is 7.79. The van der Waals surface area contributed by atoms with Crippen molar-refractivity contribution in [2.75, 3.05) is 0 Å². The Balaban J connectivity index is 0. The summed E-state index contributed by atoms with van der Waals surface area (Å²) in [4.78, 5) is 25.1. The van der Waals surface area contributed by atoms with Gasteiger partial charge in [0.15, 0.2) is 0 Å². The molecule has 0 amide bonds. The summed E-state index contributed by atoms with van der Waals surface area (Å²) in [5.41, 5.74) is 0. The second-order valence-electron chi connectivity index (χ2n) is 9.89. The van der Waals surface area contributed by atoms with E-state index in [-0.39, 0.29) is 27.3 Å². The van der Waals surface area contributed by atoms with E-state index in [0.717, 1.165) is 44.2 Å². The highest BCUT2D eigenvalue weighted by Crippen LogP contribution is 2.17. The summed E-state index contributed by atoms with van der Waals surface area (Å²) in [5, 5.41) is 28.7. The quantitative estimate of drug-likeness (QED) is 0.0244. The number of phenols is 1. The van der Waals surface area contributed by atoms with Gasteiger partial charge < -0.3 is 14.7 Å². The third kappa shape index (κ3) is 25.1. The van der Waals surface area contributed by atoms with Gasteiger partial charge in [0.1, 0.15) is 11.5 Å². The third-order valence-electron chi connectivity index (χ3n) is 6.06. The Morgan fingerprint density at radius 1 is 0.587 bits per heavy atom. The van der Waals surface area contributed by atoms with Gasteiger partial charge in [0.25, 0.3) is 20.2 Å². The normalized spacial score (nSPS) is 10.6. The molecule has 0 fully saturated rings. The van der Waals surface area contributed by atoms with E-state index in [9.17, 15) is 26.4 Å². The number of carbonyl (C=O) groups excluding carboxylic acids is 2. The van der Waals surface area contributed by atoms with Crippen LogP contribution in [0.2, 0.25) is 0 Å². The molecule has 0 aliphatic carbocycles. The fraction of sp³-hybridized carbons (Fsp3) is 0.533. The van der Waals surface area contributed by atoms with Gasteiger partial charge in [-0.05, 0) is 61.4 Å². The number of unbranched alkanes of at least 4 members (excludes halogenated alkanes) is 10. The Hall–Kier alpha value is -3.12. The molecule has 264 valence electrons. The van der Waals surface area contributed by atoms with Crippen molar-refractivity contribution in [2.24, 2.45) is 0 Å². The molecule has 6 N–H and O–H groups in total. The van der Waals surface area contributed by atoms with E-state index in [0.29, 0.717) is 12.8 Å². The second kappa shape index (κ2) is 27.0. The number of rotatable bonds is 17. The van der Waals surface area contributed by atoms with E-state index in [1.54, 1.807) is 0 Å². The minimum Gasteiger partial charge on any atom is -0.508 e. The van der Waals surface area contributed by atoms with Crippen molar-refractivity contribution >= 4 is 32.2 Å². The minimum atomic E-state index is -4.21. The molecule has 0 radical (unpaired) electrons. The topological polar surface area (TPSA) is 242 Å². The molecule has 0 aliphatic heterocycles. The van der Waals surface area contributed by atoms with Crippen molar-refractivity contribution in [3.63, 3.8) is 0 Å². The first-order chi connectivity index (χ1) is 21.7. The standard InChI is InChI=1S/C15H22O5S.C9H18O3.C6H6O4S.H2O2/c1-2-3-4-5-6-7-8-15(16)20-13-9-11-14(12-10-13)21(17,18)19;1-2-3-4-5-6-7-8-9(10)12-11;7-5-1-3-6(4-2-5)11(8,9)10;1-2/h9-12H,2-8H2,1H3,(H,17,18,19);11H,2-8H2,1H3;1-4,7H,(H,8,9,10);1-2H. The van der Waals surface area contributed by atoms with Crippen LogP contribution in [0.4, 0.5) is 0 Å². The van der Waals surface area contributed by atoms with Crippen LogP contribution < -0.4 is 4.74 Å². The molecule has 0 saturated carbocycles. The molecular weight excluding hydrogens is 648 g/mol. The molecule has 16 heteroatoms.